The van der Waals surface area contributed by atoms with Crippen molar-refractivity contribution in [1.29, 1.82) is 0 Å². The number of hydrogen-bond donors (Lipinski definition) is 0. The summed E-state index contributed by atoms with van der Waals surface area (Å²) in [5.74, 6) is 0.521. The Labute approximate surface area is 130 Å². The molecular formula is C18H22O4. The first-order valence-corrected chi connectivity index (χ1v) is 7.81. The van der Waals surface area contributed by atoms with Gasteiger partial charge < -0.3 is 9.47 Å². The Morgan fingerprint density at radius 2 is 2.09 bits per heavy atom. The zero-order valence-electron chi connectivity index (χ0n) is 13.3. The van der Waals surface area contributed by atoms with E-state index in [1.807, 2.05) is 18.2 Å². The fourth-order valence-corrected chi connectivity index (χ4v) is 4.33. The lowest BCUT2D eigenvalue weighted by Gasteiger charge is -2.48. The zero-order valence-corrected chi connectivity index (χ0v) is 13.3. The Morgan fingerprint density at radius 1 is 1.32 bits per heavy atom. The Hall–Kier alpha value is -1.84. The normalized spacial score (nSPS) is 30.2. The topological polar surface area (TPSA) is 52.6 Å². The summed E-state index contributed by atoms with van der Waals surface area (Å²) >= 11 is 0. The van der Waals surface area contributed by atoms with Gasteiger partial charge in [-0.15, -0.1) is 0 Å². The number of fused-ring (bicyclic) bond motifs is 3. The van der Waals surface area contributed by atoms with Crippen LogP contribution in [0.3, 0.4) is 0 Å². The number of carbonyl (C=O) groups excluding carboxylic acids is 2. The predicted octanol–water partition coefficient (Wildman–Crippen LogP) is 3.13. The van der Waals surface area contributed by atoms with E-state index in [0.717, 1.165) is 36.1 Å². The van der Waals surface area contributed by atoms with Crippen LogP contribution in [0.4, 0.5) is 0 Å². The standard InChI is InChI=1S/C18H22O4/c1-18-8-4-5-13(17(20)22-3)15(18)10-16(19)12-7-6-11(21-2)9-14(12)18/h6-7,9,13,15H,4-5,8,10H2,1-3H3/t13?,15?,18-/m1/s1. The van der Waals surface area contributed by atoms with Gasteiger partial charge in [-0.2, -0.15) is 0 Å². The number of benzene rings is 1. The van der Waals surface area contributed by atoms with Crippen LogP contribution in [0.1, 0.15) is 48.5 Å². The van der Waals surface area contributed by atoms with Crippen LogP contribution in [-0.4, -0.2) is 26.0 Å². The number of ketones is 1. The molecule has 0 heterocycles. The van der Waals surface area contributed by atoms with Gasteiger partial charge in [0, 0.05) is 12.0 Å². The van der Waals surface area contributed by atoms with Crippen molar-refractivity contribution in [3.05, 3.63) is 29.3 Å². The van der Waals surface area contributed by atoms with Crippen molar-refractivity contribution in [1.82, 2.24) is 0 Å². The van der Waals surface area contributed by atoms with Crippen molar-refractivity contribution in [3.63, 3.8) is 0 Å². The highest BCUT2D eigenvalue weighted by Crippen LogP contribution is 2.52. The second-order valence-corrected chi connectivity index (χ2v) is 6.58. The van der Waals surface area contributed by atoms with Crippen molar-refractivity contribution in [2.24, 2.45) is 11.8 Å². The quantitative estimate of drug-likeness (QED) is 0.788. The van der Waals surface area contributed by atoms with Crippen molar-refractivity contribution >= 4 is 11.8 Å². The number of carbonyl (C=O) groups is 2. The SMILES string of the molecule is COC(=O)C1CCC[C@]2(C)c3cc(OC)ccc3C(=O)CC12. The number of methoxy groups -OCH3 is 2. The molecule has 0 saturated heterocycles. The summed E-state index contributed by atoms with van der Waals surface area (Å²) in [5, 5.41) is 0. The maximum absolute atomic E-state index is 12.5. The van der Waals surface area contributed by atoms with E-state index in [1.54, 1.807) is 7.11 Å². The lowest BCUT2D eigenvalue weighted by Crippen LogP contribution is -2.48. The van der Waals surface area contributed by atoms with E-state index in [9.17, 15) is 9.59 Å². The Morgan fingerprint density at radius 3 is 2.77 bits per heavy atom. The van der Waals surface area contributed by atoms with E-state index in [-0.39, 0.29) is 29.0 Å². The van der Waals surface area contributed by atoms with Crippen molar-refractivity contribution in [3.8, 4) is 5.75 Å². The smallest absolute Gasteiger partial charge is 0.308 e. The first kappa shape index (κ1) is 15.1. The van der Waals surface area contributed by atoms with Crippen LogP contribution in [0, 0.1) is 11.8 Å². The maximum atomic E-state index is 12.5. The molecule has 0 spiro atoms. The fraction of sp³-hybridized carbons (Fsp3) is 0.556. The van der Waals surface area contributed by atoms with Crippen molar-refractivity contribution in [2.45, 2.75) is 38.0 Å². The third-order valence-corrected chi connectivity index (χ3v) is 5.57. The molecule has 1 saturated carbocycles. The number of hydrogen-bond acceptors (Lipinski definition) is 4. The second kappa shape index (κ2) is 5.41. The summed E-state index contributed by atoms with van der Waals surface area (Å²) in [6, 6.07) is 5.67. The molecular weight excluding hydrogens is 280 g/mol. The minimum atomic E-state index is -0.188. The number of Topliss-reactive ketones (excluding diaryl/α,β-unsaturated/α-hetero) is 1. The van der Waals surface area contributed by atoms with Gasteiger partial charge in [-0.25, -0.2) is 0 Å². The van der Waals surface area contributed by atoms with Crippen LogP contribution in [0.15, 0.2) is 18.2 Å². The zero-order chi connectivity index (χ0) is 15.9. The summed E-state index contributed by atoms with van der Waals surface area (Å²) in [6.45, 7) is 2.18. The van der Waals surface area contributed by atoms with E-state index < -0.39 is 0 Å². The van der Waals surface area contributed by atoms with Crippen LogP contribution in [0.5, 0.6) is 5.75 Å². The predicted molar refractivity (Wildman–Crippen MR) is 82.1 cm³/mol. The van der Waals surface area contributed by atoms with Gasteiger partial charge >= 0.3 is 5.97 Å². The molecule has 4 nitrogen and oxygen atoms in total. The number of rotatable bonds is 2. The Kier molecular flexibility index (Phi) is 3.71. The molecule has 3 rings (SSSR count). The third-order valence-electron chi connectivity index (χ3n) is 5.57. The molecule has 2 unspecified atom stereocenters. The van der Waals surface area contributed by atoms with Crippen LogP contribution in [0.2, 0.25) is 0 Å². The van der Waals surface area contributed by atoms with Crippen LogP contribution >= 0.6 is 0 Å². The first-order valence-electron chi connectivity index (χ1n) is 7.81. The molecule has 0 N–H and O–H groups in total. The largest absolute Gasteiger partial charge is 0.497 e. The highest BCUT2D eigenvalue weighted by molar-refractivity contribution is 6.00. The molecule has 22 heavy (non-hydrogen) atoms. The Balaban J connectivity index is 2.11. The monoisotopic (exact) mass is 302 g/mol. The van der Waals surface area contributed by atoms with Gasteiger partial charge in [0.05, 0.1) is 20.1 Å². The molecule has 118 valence electrons. The molecule has 0 bridgehead atoms. The summed E-state index contributed by atoms with van der Waals surface area (Å²) in [6.07, 6.45) is 3.19. The molecule has 2 aliphatic carbocycles. The van der Waals surface area contributed by atoms with Crippen LogP contribution in [-0.2, 0) is 14.9 Å². The average Bonchev–Trinajstić information content (AvgIpc) is 2.54. The summed E-state index contributed by atoms with van der Waals surface area (Å²) in [7, 11) is 3.06. The van der Waals surface area contributed by atoms with Crippen LogP contribution < -0.4 is 4.74 Å². The van der Waals surface area contributed by atoms with Gasteiger partial charge in [-0.3, -0.25) is 9.59 Å². The van der Waals surface area contributed by atoms with E-state index >= 15 is 0 Å². The third kappa shape index (κ3) is 2.13. The van der Waals surface area contributed by atoms with E-state index in [0.29, 0.717) is 6.42 Å². The average molecular weight is 302 g/mol. The summed E-state index contributed by atoms with van der Waals surface area (Å²) in [5.41, 5.74) is 1.64. The highest BCUT2D eigenvalue weighted by atomic mass is 16.5. The fourth-order valence-electron chi connectivity index (χ4n) is 4.33. The van der Waals surface area contributed by atoms with Gasteiger partial charge in [0.2, 0.25) is 0 Å². The van der Waals surface area contributed by atoms with E-state index in [1.165, 1.54) is 7.11 Å². The molecule has 0 aromatic heterocycles. The maximum Gasteiger partial charge on any atom is 0.308 e. The summed E-state index contributed by atoms with van der Waals surface area (Å²) < 4.78 is 10.3. The van der Waals surface area contributed by atoms with Gasteiger partial charge in [0.1, 0.15) is 5.75 Å². The number of ether oxygens (including phenoxy) is 2. The lowest BCUT2D eigenvalue weighted by atomic mass is 9.54. The van der Waals surface area contributed by atoms with Crippen molar-refractivity contribution < 1.29 is 19.1 Å². The van der Waals surface area contributed by atoms with Gasteiger partial charge in [-0.05, 0) is 47.9 Å². The van der Waals surface area contributed by atoms with E-state index in [4.69, 9.17) is 9.47 Å². The molecule has 4 heteroatoms. The van der Waals surface area contributed by atoms with Gasteiger partial charge in [0.15, 0.2) is 5.78 Å². The molecule has 2 aliphatic rings. The molecule has 1 aromatic carbocycles. The molecule has 1 aromatic rings. The minimum absolute atomic E-state index is 0.0146. The molecule has 0 radical (unpaired) electrons. The van der Waals surface area contributed by atoms with Crippen LogP contribution in [0.25, 0.3) is 0 Å². The molecule has 3 atom stereocenters. The van der Waals surface area contributed by atoms with Gasteiger partial charge in [0.25, 0.3) is 0 Å². The van der Waals surface area contributed by atoms with E-state index in [2.05, 4.69) is 6.92 Å². The lowest BCUT2D eigenvalue weighted by molar-refractivity contribution is -0.150. The van der Waals surface area contributed by atoms with Gasteiger partial charge in [-0.1, -0.05) is 13.3 Å². The molecule has 0 aliphatic heterocycles. The molecule has 1 fully saturated rings. The van der Waals surface area contributed by atoms with Crippen molar-refractivity contribution in [2.75, 3.05) is 14.2 Å². The Bertz CT molecular complexity index is 622. The highest BCUT2D eigenvalue weighted by Gasteiger charge is 2.51. The summed E-state index contributed by atoms with van der Waals surface area (Å²) in [4.78, 5) is 24.7. The second-order valence-electron chi connectivity index (χ2n) is 6.58. The number of esters is 1. The first-order chi connectivity index (χ1) is 10.5. The molecule has 0 amide bonds. The minimum Gasteiger partial charge on any atom is -0.497 e.